The van der Waals surface area contributed by atoms with Crippen LogP contribution in [0.5, 0.6) is 0 Å². The van der Waals surface area contributed by atoms with Gasteiger partial charge >= 0.3 is 0 Å². The molecule has 0 heterocycles. The Kier molecular flexibility index (Phi) is 6.25. The van der Waals surface area contributed by atoms with Crippen molar-refractivity contribution in [2.75, 3.05) is 20.3 Å². The Morgan fingerprint density at radius 2 is 1.85 bits per heavy atom. The summed E-state index contributed by atoms with van der Waals surface area (Å²) >= 11 is 0. The van der Waals surface area contributed by atoms with Crippen molar-refractivity contribution in [1.82, 2.24) is 0 Å². The van der Waals surface area contributed by atoms with Crippen molar-refractivity contribution in [2.24, 2.45) is 23.5 Å². The fourth-order valence-electron chi connectivity index (χ4n) is 1.55. The van der Waals surface area contributed by atoms with Crippen LogP contribution >= 0.6 is 0 Å². The Labute approximate surface area is 80.6 Å². The summed E-state index contributed by atoms with van der Waals surface area (Å²) in [7, 11) is 1.59. The second kappa shape index (κ2) is 6.33. The summed E-state index contributed by atoms with van der Waals surface area (Å²) in [6.07, 6.45) is -0.857. The van der Waals surface area contributed by atoms with Gasteiger partial charge < -0.3 is 10.5 Å². The average Bonchev–Trinajstić information content (AvgIpc) is 2.05. The Balaban J connectivity index is 4.10. The second-order valence-electron chi connectivity index (χ2n) is 4.02. The summed E-state index contributed by atoms with van der Waals surface area (Å²) in [4.78, 5) is 0. The molecule has 3 heteroatoms. The average molecular weight is 191 g/mol. The second-order valence-corrected chi connectivity index (χ2v) is 4.02. The number of halogens is 1. The Morgan fingerprint density at radius 3 is 2.15 bits per heavy atom. The molecule has 0 aliphatic rings. The van der Waals surface area contributed by atoms with Gasteiger partial charge in [0.15, 0.2) is 0 Å². The highest BCUT2D eigenvalue weighted by Crippen LogP contribution is 2.23. The van der Waals surface area contributed by atoms with Crippen molar-refractivity contribution >= 4 is 0 Å². The molecule has 0 amide bonds. The molecule has 2 nitrogen and oxygen atoms in total. The molecule has 0 saturated carbocycles. The molecule has 0 rings (SSSR count). The lowest BCUT2D eigenvalue weighted by Crippen LogP contribution is -2.35. The lowest BCUT2D eigenvalue weighted by atomic mass is 9.85. The summed E-state index contributed by atoms with van der Waals surface area (Å²) in [5.74, 6) is 0.172. The van der Waals surface area contributed by atoms with Crippen LogP contribution in [0.25, 0.3) is 0 Å². The van der Waals surface area contributed by atoms with Gasteiger partial charge in [0.1, 0.15) is 6.17 Å². The molecule has 0 aliphatic heterocycles. The minimum absolute atomic E-state index is 0.0508. The molecule has 0 aromatic rings. The first-order valence-electron chi connectivity index (χ1n) is 4.87. The van der Waals surface area contributed by atoms with Crippen LogP contribution in [-0.2, 0) is 4.74 Å². The number of hydrogen-bond donors (Lipinski definition) is 1. The first-order chi connectivity index (χ1) is 6.04. The third-order valence-corrected chi connectivity index (χ3v) is 2.51. The fourth-order valence-corrected chi connectivity index (χ4v) is 1.55. The maximum atomic E-state index is 13.7. The normalized spacial score (nSPS) is 18.7. The lowest BCUT2D eigenvalue weighted by Gasteiger charge is -2.27. The molecule has 0 aliphatic carbocycles. The largest absolute Gasteiger partial charge is 0.384 e. The van der Waals surface area contributed by atoms with Gasteiger partial charge in [0.25, 0.3) is 0 Å². The van der Waals surface area contributed by atoms with Crippen LogP contribution in [0.4, 0.5) is 4.39 Å². The van der Waals surface area contributed by atoms with Gasteiger partial charge in [-0.2, -0.15) is 0 Å². The molecule has 3 atom stereocenters. The van der Waals surface area contributed by atoms with Crippen molar-refractivity contribution < 1.29 is 9.13 Å². The smallest absolute Gasteiger partial charge is 0.109 e. The minimum Gasteiger partial charge on any atom is -0.384 e. The highest BCUT2D eigenvalue weighted by atomic mass is 19.1. The molecule has 0 bridgehead atoms. The molecule has 3 unspecified atom stereocenters. The SMILES string of the molecule is COCC(C)C(F)C(CN)C(C)C. The molecule has 0 spiro atoms. The van der Waals surface area contributed by atoms with Crippen LogP contribution in [0, 0.1) is 17.8 Å². The van der Waals surface area contributed by atoms with Crippen LogP contribution in [0.1, 0.15) is 20.8 Å². The lowest BCUT2D eigenvalue weighted by molar-refractivity contribution is 0.0661. The third-order valence-electron chi connectivity index (χ3n) is 2.51. The Morgan fingerprint density at radius 1 is 1.31 bits per heavy atom. The van der Waals surface area contributed by atoms with E-state index >= 15 is 0 Å². The predicted molar refractivity (Wildman–Crippen MR) is 53.3 cm³/mol. The zero-order chi connectivity index (χ0) is 10.4. The maximum absolute atomic E-state index is 13.7. The summed E-state index contributed by atoms with van der Waals surface area (Å²) in [5.41, 5.74) is 5.53. The first-order valence-corrected chi connectivity index (χ1v) is 4.87. The number of alkyl halides is 1. The van der Waals surface area contributed by atoms with Crippen LogP contribution in [0.2, 0.25) is 0 Å². The monoisotopic (exact) mass is 191 g/mol. The van der Waals surface area contributed by atoms with Gasteiger partial charge in [-0.05, 0) is 12.5 Å². The number of nitrogens with two attached hydrogens (primary N) is 1. The number of hydrogen-bond acceptors (Lipinski definition) is 2. The Hall–Kier alpha value is -0.150. The molecule has 0 saturated heterocycles. The molecule has 0 fully saturated rings. The maximum Gasteiger partial charge on any atom is 0.109 e. The van der Waals surface area contributed by atoms with E-state index in [9.17, 15) is 4.39 Å². The van der Waals surface area contributed by atoms with Crippen molar-refractivity contribution in [2.45, 2.75) is 26.9 Å². The minimum atomic E-state index is -0.857. The summed E-state index contributed by atoms with van der Waals surface area (Å²) in [6.45, 7) is 6.74. The molecular formula is C10H22FNO. The summed E-state index contributed by atoms with van der Waals surface area (Å²) in [5, 5.41) is 0. The van der Waals surface area contributed by atoms with E-state index in [4.69, 9.17) is 10.5 Å². The van der Waals surface area contributed by atoms with E-state index in [0.29, 0.717) is 19.1 Å². The topological polar surface area (TPSA) is 35.2 Å². The van der Waals surface area contributed by atoms with Gasteiger partial charge in [-0.15, -0.1) is 0 Å². The quantitative estimate of drug-likeness (QED) is 0.695. The molecule has 0 radical (unpaired) electrons. The van der Waals surface area contributed by atoms with Crippen molar-refractivity contribution in [1.29, 1.82) is 0 Å². The van der Waals surface area contributed by atoms with Gasteiger partial charge in [0.05, 0.1) is 6.61 Å². The first kappa shape index (κ1) is 12.8. The van der Waals surface area contributed by atoms with Crippen LogP contribution < -0.4 is 5.73 Å². The van der Waals surface area contributed by atoms with E-state index in [-0.39, 0.29) is 11.8 Å². The number of ether oxygens (including phenoxy) is 1. The van der Waals surface area contributed by atoms with Crippen LogP contribution in [0.15, 0.2) is 0 Å². The summed E-state index contributed by atoms with van der Waals surface area (Å²) in [6, 6.07) is 0. The fraction of sp³-hybridized carbons (Fsp3) is 1.00. The van der Waals surface area contributed by atoms with Gasteiger partial charge in [-0.25, -0.2) is 4.39 Å². The standard InChI is InChI=1S/C10H22FNO/c1-7(2)9(5-12)10(11)8(3)6-13-4/h7-10H,5-6,12H2,1-4H3. The Bertz CT molecular complexity index is 130. The van der Waals surface area contributed by atoms with Crippen molar-refractivity contribution in [3.8, 4) is 0 Å². The number of rotatable bonds is 6. The molecule has 0 aromatic carbocycles. The third kappa shape index (κ3) is 4.05. The molecule has 13 heavy (non-hydrogen) atoms. The summed E-state index contributed by atoms with van der Waals surface area (Å²) < 4.78 is 18.7. The predicted octanol–water partition coefficient (Wildman–Crippen LogP) is 1.84. The zero-order valence-corrected chi connectivity index (χ0v) is 9.09. The van der Waals surface area contributed by atoms with Gasteiger partial charge in [0, 0.05) is 18.9 Å². The van der Waals surface area contributed by atoms with E-state index in [1.54, 1.807) is 7.11 Å². The molecule has 80 valence electrons. The number of methoxy groups -OCH3 is 1. The van der Waals surface area contributed by atoms with Crippen LogP contribution in [0.3, 0.4) is 0 Å². The van der Waals surface area contributed by atoms with E-state index in [2.05, 4.69) is 0 Å². The van der Waals surface area contributed by atoms with E-state index in [1.165, 1.54) is 0 Å². The van der Waals surface area contributed by atoms with E-state index < -0.39 is 6.17 Å². The zero-order valence-electron chi connectivity index (χ0n) is 9.09. The van der Waals surface area contributed by atoms with Crippen molar-refractivity contribution in [3.63, 3.8) is 0 Å². The van der Waals surface area contributed by atoms with Gasteiger partial charge in [-0.1, -0.05) is 20.8 Å². The van der Waals surface area contributed by atoms with E-state index in [0.717, 1.165) is 0 Å². The van der Waals surface area contributed by atoms with Crippen LogP contribution in [-0.4, -0.2) is 26.4 Å². The van der Waals surface area contributed by atoms with E-state index in [1.807, 2.05) is 20.8 Å². The highest BCUT2D eigenvalue weighted by Gasteiger charge is 2.27. The van der Waals surface area contributed by atoms with Gasteiger partial charge in [-0.3, -0.25) is 0 Å². The van der Waals surface area contributed by atoms with Gasteiger partial charge in [0.2, 0.25) is 0 Å². The van der Waals surface area contributed by atoms with Crippen molar-refractivity contribution in [3.05, 3.63) is 0 Å². The highest BCUT2D eigenvalue weighted by molar-refractivity contribution is 4.77. The molecule has 0 aromatic heterocycles. The molecule has 2 N–H and O–H groups in total. The molecular weight excluding hydrogens is 169 g/mol.